The van der Waals surface area contributed by atoms with Gasteiger partial charge < -0.3 is 10.2 Å². The van der Waals surface area contributed by atoms with Crippen molar-refractivity contribution in [3.05, 3.63) is 34.5 Å². The summed E-state index contributed by atoms with van der Waals surface area (Å²) in [5.41, 5.74) is -0.254. The van der Waals surface area contributed by atoms with E-state index >= 15 is 0 Å². The van der Waals surface area contributed by atoms with Gasteiger partial charge in [-0.25, -0.2) is 0 Å². The number of rotatable bonds is 0. The SMILES string of the molecule is O=c1ccc(O)c(O)cc1. The Morgan fingerprint density at radius 1 is 0.900 bits per heavy atom. The Morgan fingerprint density at radius 2 is 1.30 bits per heavy atom. The van der Waals surface area contributed by atoms with Crippen LogP contribution in [-0.2, 0) is 0 Å². The first-order chi connectivity index (χ1) is 4.70. The van der Waals surface area contributed by atoms with Crippen molar-refractivity contribution in [1.29, 1.82) is 0 Å². The lowest BCUT2D eigenvalue weighted by molar-refractivity contribution is 0.405. The van der Waals surface area contributed by atoms with Gasteiger partial charge in [0.05, 0.1) is 0 Å². The van der Waals surface area contributed by atoms with Gasteiger partial charge >= 0.3 is 0 Å². The number of hydrogen-bond donors (Lipinski definition) is 2. The molecule has 0 aliphatic carbocycles. The van der Waals surface area contributed by atoms with Crippen molar-refractivity contribution in [3.63, 3.8) is 0 Å². The summed E-state index contributed by atoms with van der Waals surface area (Å²) in [5, 5.41) is 17.6. The standard InChI is InChI=1S/C7H6O3/c8-5-1-3-6(9)7(10)4-2-5/h1-4,9-10H. The van der Waals surface area contributed by atoms with Crippen LogP contribution in [0.3, 0.4) is 0 Å². The fourth-order valence-corrected chi connectivity index (χ4v) is 0.548. The molecule has 0 amide bonds. The van der Waals surface area contributed by atoms with E-state index in [1.165, 1.54) is 12.1 Å². The highest BCUT2D eigenvalue weighted by atomic mass is 16.3. The van der Waals surface area contributed by atoms with E-state index in [4.69, 9.17) is 10.2 Å². The van der Waals surface area contributed by atoms with Crippen LogP contribution in [-0.4, -0.2) is 10.2 Å². The molecule has 0 atom stereocenters. The maximum absolute atomic E-state index is 10.6. The van der Waals surface area contributed by atoms with Crippen LogP contribution in [0.1, 0.15) is 0 Å². The monoisotopic (exact) mass is 138 g/mol. The van der Waals surface area contributed by atoms with Crippen LogP contribution in [0.4, 0.5) is 0 Å². The van der Waals surface area contributed by atoms with Gasteiger partial charge in [-0.1, -0.05) is 0 Å². The van der Waals surface area contributed by atoms with Gasteiger partial charge in [-0.15, -0.1) is 0 Å². The summed E-state index contributed by atoms with van der Waals surface area (Å²) < 4.78 is 0. The zero-order valence-electron chi connectivity index (χ0n) is 5.11. The van der Waals surface area contributed by atoms with E-state index in [0.717, 1.165) is 12.1 Å². The molecule has 1 rings (SSSR count). The average Bonchev–Trinajstić information content (AvgIpc) is 2.04. The first-order valence-corrected chi connectivity index (χ1v) is 2.72. The normalized spacial score (nSPS) is 9.20. The van der Waals surface area contributed by atoms with E-state index in [-0.39, 0.29) is 16.9 Å². The molecule has 0 aromatic heterocycles. The molecule has 3 nitrogen and oxygen atoms in total. The van der Waals surface area contributed by atoms with Gasteiger partial charge in [0, 0.05) is 0 Å². The molecule has 0 unspecified atom stereocenters. The summed E-state index contributed by atoms with van der Waals surface area (Å²) >= 11 is 0. The minimum atomic E-state index is -0.290. The Hall–Kier alpha value is -1.51. The van der Waals surface area contributed by atoms with Gasteiger partial charge in [0.2, 0.25) is 0 Å². The van der Waals surface area contributed by atoms with Gasteiger partial charge in [-0.2, -0.15) is 0 Å². The lowest BCUT2D eigenvalue weighted by Gasteiger charge is -1.85. The zero-order chi connectivity index (χ0) is 7.56. The molecule has 10 heavy (non-hydrogen) atoms. The van der Waals surface area contributed by atoms with Crippen molar-refractivity contribution in [2.45, 2.75) is 0 Å². The zero-order valence-corrected chi connectivity index (χ0v) is 5.11. The van der Waals surface area contributed by atoms with E-state index in [9.17, 15) is 4.79 Å². The van der Waals surface area contributed by atoms with Gasteiger partial charge in [-0.3, -0.25) is 4.79 Å². The third kappa shape index (κ3) is 1.25. The topological polar surface area (TPSA) is 57.5 Å². The van der Waals surface area contributed by atoms with E-state index in [1.807, 2.05) is 0 Å². The van der Waals surface area contributed by atoms with Crippen LogP contribution in [0, 0.1) is 0 Å². The number of hydrogen-bond acceptors (Lipinski definition) is 3. The van der Waals surface area contributed by atoms with Crippen molar-refractivity contribution < 1.29 is 10.2 Å². The second-order valence-corrected chi connectivity index (χ2v) is 1.84. The first-order valence-electron chi connectivity index (χ1n) is 2.72. The second kappa shape index (κ2) is 2.39. The van der Waals surface area contributed by atoms with Crippen LogP contribution in [0.2, 0.25) is 0 Å². The van der Waals surface area contributed by atoms with Crippen LogP contribution in [0.25, 0.3) is 0 Å². The van der Waals surface area contributed by atoms with Gasteiger partial charge in [0.1, 0.15) is 0 Å². The highest BCUT2D eigenvalue weighted by Gasteiger charge is 1.92. The largest absolute Gasteiger partial charge is 0.504 e. The molecule has 0 aliphatic heterocycles. The van der Waals surface area contributed by atoms with E-state index in [2.05, 4.69) is 0 Å². The Morgan fingerprint density at radius 3 is 1.70 bits per heavy atom. The molecule has 52 valence electrons. The third-order valence-electron chi connectivity index (χ3n) is 1.07. The van der Waals surface area contributed by atoms with Crippen molar-refractivity contribution in [3.8, 4) is 11.5 Å². The molecule has 0 spiro atoms. The summed E-state index contributed by atoms with van der Waals surface area (Å²) in [6, 6.07) is 4.65. The summed E-state index contributed by atoms with van der Waals surface area (Å²) in [5.74, 6) is -0.579. The summed E-state index contributed by atoms with van der Waals surface area (Å²) in [7, 11) is 0. The summed E-state index contributed by atoms with van der Waals surface area (Å²) in [6.45, 7) is 0. The highest BCUT2D eigenvalue weighted by Crippen LogP contribution is 2.19. The van der Waals surface area contributed by atoms with Gasteiger partial charge in [0.25, 0.3) is 0 Å². The van der Waals surface area contributed by atoms with Crippen molar-refractivity contribution >= 4 is 0 Å². The Balaban J connectivity index is 3.42. The van der Waals surface area contributed by atoms with Gasteiger partial charge in [0.15, 0.2) is 16.9 Å². The van der Waals surface area contributed by atoms with Crippen LogP contribution in [0.15, 0.2) is 29.1 Å². The molecule has 0 bridgehead atoms. The smallest absolute Gasteiger partial charge is 0.178 e. The van der Waals surface area contributed by atoms with Crippen molar-refractivity contribution in [2.24, 2.45) is 0 Å². The molecule has 3 heteroatoms. The van der Waals surface area contributed by atoms with Crippen molar-refractivity contribution in [2.75, 3.05) is 0 Å². The molecule has 0 saturated heterocycles. The predicted octanol–water partition coefficient (Wildman–Crippen LogP) is 0.458. The lowest BCUT2D eigenvalue weighted by Crippen LogP contribution is -1.87. The Kier molecular flexibility index (Phi) is 1.58. The average molecular weight is 138 g/mol. The van der Waals surface area contributed by atoms with E-state index in [0.29, 0.717) is 0 Å². The second-order valence-electron chi connectivity index (χ2n) is 1.84. The fraction of sp³-hybridized carbons (Fsp3) is 0. The fourth-order valence-electron chi connectivity index (χ4n) is 0.548. The van der Waals surface area contributed by atoms with Gasteiger partial charge in [-0.05, 0) is 24.3 Å². The lowest BCUT2D eigenvalue weighted by atomic mass is 10.4. The maximum Gasteiger partial charge on any atom is 0.178 e. The predicted molar refractivity (Wildman–Crippen MR) is 36.0 cm³/mol. The Bertz CT molecular complexity index is 265. The summed E-state index contributed by atoms with van der Waals surface area (Å²) in [4.78, 5) is 10.6. The van der Waals surface area contributed by atoms with E-state index in [1.54, 1.807) is 0 Å². The highest BCUT2D eigenvalue weighted by molar-refractivity contribution is 5.34. The molecule has 1 aromatic rings. The molecule has 0 heterocycles. The minimum absolute atomic E-state index is 0.254. The number of aromatic hydroxyl groups is 2. The van der Waals surface area contributed by atoms with E-state index < -0.39 is 0 Å². The quantitative estimate of drug-likeness (QED) is 0.547. The summed E-state index contributed by atoms with van der Waals surface area (Å²) in [6.07, 6.45) is 0. The molecular formula is C7H6O3. The molecule has 0 fully saturated rings. The molecule has 1 aromatic carbocycles. The molecule has 2 N–H and O–H groups in total. The van der Waals surface area contributed by atoms with Crippen LogP contribution in [0.5, 0.6) is 11.5 Å². The first kappa shape index (κ1) is 6.61. The molecular weight excluding hydrogens is 132 g/mol. The van der Waals surface area contributed by atoms with Crippen LogP contribution >= 0.6 is 0 Å². The van der Waals surface area contributed by atoms with Crippen molar-refractivity contribution in [1.82, 2.24) is 0 Å². The third-order valence-corrected chi connectivity index (χ3v) is 1.07. The van der Waals surface area contributed by atoms with Crippen LogP contribution < -0.4 is 5.43 Å². The molecule has 0 saturated carbocycles. The Labute approximate surface area is 57.2 Å². The minimum Gasteiger partial charge on any atom is -0.504 e. The molecule has 0 radical (unpaired) electrons. The maximum atomic E-state index is 10.6. The molecule has 0 aliphatic rings.